The van der Waals surface area contributed by atoms with E-state index in [1.165, 1.54) is 0 Å². The summed E-state index contributed by atoms with van der Waals surface area (Å²) in [6, 6.07) is 0. The van der Waals surface area contributed by atoms with Crippen LogP contribution < -0.4 is 0 Å². The first-order valence-electron chi connectivity index (χ1n) is 5.68. The molecule has 1 saturated carbocycles. The van der Waals surface area contributed by atoms with E-state index in [4.69, 9.17) is 4.74 Å². The van der Waals surface area contributed by atoms with E-state index in [-0.39, 0.29) is 12.8 Å². The van der Waals surface area contributed by atoms with Crippen LogP contribution in [0.25, 0.3) is 0 Å². The smallest absolute Gasteiger partial charge is 0.391 e. The first kappa shape index (κ1) is 13.3. The molecule has 16 heavy (non-hydrogen) atoms. The van der Waals surface area contributed by atoms with Crippen molar-refractivity contribution < 1.29 is 22.7 Å². The molecule has 0 bridgehead atoms. The van der Waals surface area contributed by atoms with E-state index in [0.29, 0.717) is 25.9 Å². The standard InChI is InChI=1S/C11H17F3O2/c1-2-6-16-10(15)8-4-3-5-9(7-8)11(12,13)14/h8-9H,2-7H2,1H3. The Kier molecular flexibility index (Phi) is 4.62. The summed E-state index contributed by atoms with van der Waals surface area (Å²) < 4.78 is 42.3. The van der Waals surface area contributed by atoms with Gasteiger partial charge in [-0.3, -0.25) is 4.79 Å². The number of alkyl halides is 3. The molecule has 0 aromatic carbocycles. The second-order valence-electron chi connectivity index (χ2n) is 4.27. The average molecular weight is 238 g/mol. The number of carbonyl (C=O) groups is 1. The van der Waals surface area contributed by atoms with Crippen molar-refractivity contribution in [1.29, 1.82) is 0 Å². The Morgan fingerprint density at radius 2 is 2.06 bits per heavy atom. The molecule has 2 unspecified atom stereocenters. The van der Waals surface area contributed by atoms with Crippen molar-refractivity contribution in [2.45, 2.75) is 45.2 Å². The highest BCUT2D eigenvalue weighted by molar-refractivity contribution is 5.72. The summed E-state index contributed by atoms with van der Waals surface area (Å²) in [6.45, 7) is 2.15. The van der Waals surface area contributed by atoms with Gasteiger partial charge in [0.2, 0.25) is 0 Å². The third-order valence-corrected chi connectivity index (χ3v) is 2.92. The molecule has 0 aliphatic heterocycles. The highest BCUT2D eigenvalue weighted by Gasteiger charge is 2.43. The van der Waals surface area contributed by atoms with E-state index >= 15 is 0 Å². The maximum Gasteiger partial charge on any atom is 0.391 e. The number of esters is 1. The monoisotopic (exact) mass is 238 g/mol. The van der Waals surface area contributed by atoms with Gasteiger partial charge in [0.25, 0.3) is 0 Å². The molecule has 0 heterocycles. The van der Waals surface area contributed by atoms with Crippen molar-refractivity contribution in [3.8, 4) is 0 Å². The van der Waals surface area contributed by atoms with Crippen molar-refractivity contribution in [2.24, 2.45) is 11.8 Å². The molecule has 0 radical (unpaired) electrons. The zero-order valence-electron chi connectivity index (χ0n) is 9.35. The fraction of sp³-hybridized carbons (Fsp3) is 0.909. The average Bonchev–Trinajstić information content (AvgIpc) is 2.25. The molecule has 0 amide bonds. The second-order valence-corrected chi connectivity index (χ2v) is 4.27. The Morgan fingerprint density at radius 1 is 1.38 bits per heavy atom. The number of ether oxygens (including phenoxy) is 1. The Morgan fingerprint density at radius 3 is 2.62 bits per heavy atom. The molecule has 5 heteroatoms. The van der Waals surface area contributed by atoms with Crippen LogP contribution in [0.15, 0.2) is 0 Å². The van der Waals surface area contributed by atoms with E-state index in [0.717, 1.165) is 0 Å². The molecule has 2 atom stereocenters. The van der Waals surface area contributed by atoms with Crippen molar-refractivity contribution in [3.05, 3.63) is 0 Å². The zero-order chi connectivity index (χ0) is 12.2. The van der Waals surface area contributed by atoms with E-state index in [2.05, 4.69) is 0 Å². The summed E-state index contributed by atoms with van der Waals surface area (Å²) in [4.78, 5) is 11.4. The van der Waals surface area contributed by atoms with Gasteiger partial charge in [-0.25, -0.2) is 0 Å². The van der Waals surface area contributed by atoms with Crippen molar-refractivity contribution in [3.63, 3.8) is 0 Å². The lowest BCUT2D eigenvalue weighted by Crippen LogP contribution is -2.32. The minimum atomic E-state index is -4.18. The summed E-state index contributed by atoms with van der Waals surface area (Å²) in [5, 5.41) is 0. The zero-order valence-corrected chi connectivity index (χ0v) is 9.35. The summed E-state index contributed by atoms with van der Waals surface area (Å²) in [5.41, 5.74) is 0. The van der Waals surface area contributed by atoms with E-state index in [1.54, 1.807) is 0 Å². The van der Waals surface area contributed by atoms with Crippen molar-refractivity contribution in [1.82, 2.24) is 0 Å². The maximum absolute atomic E-state index is 12.5. The molecule has 94 valence electrons. The van der Waals surface area contributed by atoms with Gasteiger partial charge in [-0.1, -0.05) is 13.3 Å². The predicted molar refractivity (Wildman–Crippen MR) is 52.8 cm³/mol. The lowest BCUT2D eigenvalue weighted by atomic mass is 9.81. The molecule has 0 spiro atoms. The van der Waals surface area contributed by atoms with Gasteiger partial charge in [0.05, 0.1) is 18.4 Å². The van der Waals surface area contributed by atoms with Gasteiger partial charge in [0.15, 0.2) is 0 Å². The quantitative estimate of drug-likeness (QED) is 0.705. The lowest BCUT2D eigenvalue weighted by Gasteiger charge is -2.29. The van der Waals surface area contributed by atoms with Gasteiger partial charge >= 0.3 is 12.1 Å². The molecular weight excluding hydrogens is 221 g/mol. The van der Waals surface area contributed by atoms with Gasteiger partial charge in [-0.05, 0) is 25.7 Å². The molecule has 2 nitrogen and oxygen atoms in total. The topological polar surface area (TPSA) is 26.3 Å². The maximum atomic E-state index is 12.5. The summed E-state index contributed by atoms with van der Waals surface area (Å²) in [7, 11) is 0. The highest BCUT2D eigenvalue weighted by atomic mass is 19.4. The molecule has 0 aromatic rings. The number of carbonyl (C=O) groups excluding carboxylic acids is 1. The Bertz CT molecular complexity index is 238. The van der Waals surface area contributed by atoms with Crippen LogP contribution in [-0.4, -0.2) is 18.8 Å². The lowest BCUT2D eigenvalue weighted by molar-refractivity contribution is -0.189. The number of rotatable bonds is 3. The van der Waals surface area contributed by atoms with Crippen LogP contribution in [-0.2, 0) is 9.53 Å². The Balaban J connectivity index is 2.47. The van der Waals surface area contributed by atoms with Gasteiger partial charge in [0, 0.05) is 0 Å². The molecule has 1 rings (SSSR count). The Hall–Kier alpha value is -0.740. The summed E-state index contributed by atoms with van der Waals surface area (Å²) >= 11 is 0. The highest BCUT2D eigenvalue weighted by Crippen LogP contribution is 2.40. The third-order valence-electron chi connectivity index (χ3n) is 2.92. The van der Waals surface area contributed by atoms with Crippen molar-refractivity contribution in [2.75, 3.05) is 6.61 Å². The van der Waals surface area contributed by atoms with Crippen LogP contribution in [0.1, 0.15) is 39.0 Å². The largest absolute Gasteiger partial charge is 0.465 e. The van der Waals surface area contributed by atoms with Gasteiger partial charge < -0.3 is 4.74 Å². The molecule has 1 aliphatic rings. The molecule has 0 saturated heterocycles. The van der Waals surface area contributed by atoms with Crippen LogP contribution in [0, 0.1) is 11.8 Å². The SMILES string of the molecule is CCCOC(=O)C1CCCC(C(F)(F)F)C1. The number of hydrogen-bond donors (Lipinski definition) is 0. The second kappa shape index (κ2) is 5.55. The molecular formula is C11H17F3O2. The van der Waals surface area contributed by atoms with E-state index in [1.807, 2.05) is 6.92 Å². The Labute approximate surface area is 93.2 Å². The fourth-order valence-electron chi connectivity index (χ4n) is 2.02. The normalized spacial score (nSPS) is 26.5. The van der Waals surface area contributed by atoms with Crippen LogP contribution in [0.4, 0.5) is 13.2 Å². The minimum absolute atomic E-state index is 0.105. The molecule has 1 fully saturated rings. The summed E-state index contributed by atoms with van der Waals surface area (Å²) in [5.74, 6) is -2.36. The van der Waals surface area contributed by atoms with Crippen LogP contribution in [0.2, 0.25) is 0 Å². The van der Waals surface area contributed by atoms with Gasteiger partial charge in [-0.2, -0.15) is 13.2 Å². The van der Waals surface area contributed by atoms with Crippen LogP contribution in [0.5, 0.6) is 0 Å². The van der Waals surface area contributed by atoms with Crippen molar-refractivity contribution >= 4 is 5.97 Å². The fourth-order valence-corrected chi connectivity index (χ4v) is 2.02. The molecule has 0 N–H and O–H groups in total. The first-order chi connectivity index (χ1) is 7.45. The minimum Gasteiger partial charge on any atom is -0.465 e. The van der Waals surface area contributed by atoms with E-state index < -0.39 is 24.0 Å². The first-order valence-corrected chi connectivity index (χ1v) is 5.68. The van der Waals surface area contributed by atoms with Gasteiger partial charge in [-0.15, -0.1) is 0 Å². The molecule has 1 aliphatic carbocycles. The van der Waals surface area contributed by atoms with E-state index in [9.17, 15) is 18.0 Å². The molecule has 0 aromatic heterocycles. The predicted octanol–water partition coefficient (Wildman–Crippen LogP) is 3.31. The summed E-state index contributed by atoms with van der Waals surface area (Å²) in [6.07, 6.45) is -2.47. The number of hydrogen-bond acceptors (Lipinski definition) is 2. The van der Waals surface area contributed by atoms with Crippen LogP contribution >= 0.6 is 0 Å². The third kappa shape index (κ3) is 3.68. The number of halogens is 3. The van der Waals surface area contributed by atoms with Crippen LogP contribution in [0.3, 0.4) is 0 Å². The van der Waals surface area contributed by atoms with Gasteiger partial charge in [0.1, 0.15) is 0 Å².